The lowest BCUT2D eigenvalue weighted by atomic mass is 10.1. The van der Waals surface area contributed by atoms with E-state index in [1.807, 2.05) is 36.4 Å². The minimum atomic E-state index is -0.754. The van der Waals surface area contributed by atoms with Gasteiger partial charge in [0.25, 0.3) is 17.5 Å². The normalized spacial score (nSPS) is 12.9. The van der Waals surface area contributed by atoms with Crippen LogP contribution in [0.1, 0.15) is 27.1 Å². The second-order valence-electron chi connectivity index (χ2n) is 6.58. The number of amides is 3. The summed E-state index contributed by atoms with van der Waals surface area (Å²) < 4.78 is 0. The molecule has 4 rings (SSSR count). The number of nitrogens with zero attached hydrogens (tertiary/aromatic N) is 2. The molecular formula is C21H15N3O5. The Bertz CT molecular complexity index is 1190. The quantitative estimate of drug-likeness (QED) is 0.409. The molecule has 1 heterocycles. The van der Waals surface area contributed by atoms with Crippen LogP contribution in [-0.2, 0) is 4.79 Å². The largest absolute Gasteiger partial charge is 0.326 e. The first-order chi connectivity index (χ1) is 14.0. The molecule has 0 fully saturated rings. The van der Waals surface area contributed by atoms with Gasteiger partial charge in [-0.1, -0.05) is 36.4 Å². The summed E-state index contributed by atoms with van der Waals surface area (Å²) in [6.45, 7) is -0.164. The van der Waals surface area contributed by atoms with Crippen molar-refractivity contribution in [3.05, 3.63) is 81.9 Å². The van der Waals surface area contributed by atoms with Crippen LogP contribution in [0.25, 0.3) is 10.8 Å². The summed E-state index contributed by atoms with van der Waals surface area (Å²) in [4.78, 5) is 48.6. The van der Waals surface area contributed by atoms with E-state index in [0.717, 1.165) is 15.7 Å². The van der Waals surface area contributed by atoms with Crippen LogP contribution in [0.5, 0.6) is 0 Å². The number of hydrogen-bond acceptors (Lipinski definition) is 5. The lowest BCUT2D eigenvalue weighted by Gasteiger charge is -2.13. The molecule has 3 amide bonds. The zero-order chi connectivity index (χ0) is 20.5. The third kappa shape index (κ3) is 3.31. The molecule has 8 nitrogen and oxygen atoms in total. The van der Waals surface area contributed by atoms with Crippen LogP contribution in [0.15, 0.2) is 60.7 Å². The molecule has 1 aliphatic heterocycles. The summed E-state index contributed by atoms with van der Waals surface area (Å²) in [6, 6.07) is 17.1. The van der Waals surface area contributed by atoms with Gasteiger partial charge in [-0.2, -0.15) is 0 Å². The van der Waals surface area contributed by atoms with Gasteiger partial charge in [0.15, 0.2) is 0 Å². The lowest BCUT2D eigenvalue weighted by Crippen LogP contribution is -2.33. The van der Waals surface area contributed by atoms with Gasteiger partial charge in [0, 0.05) is 24.7 Å². The minimum absolute atomic E-state index is 0.0147. The number of nitrogens with one attached hydrogen (secondary N) is 1. The van der Waals surface area contributed by atoms with E-state index in [0.29, 0.717) is 5.69 Å². The van der Waals surface area contributed by atoms with Crippen LogP contribution in [0.2, 0.25) is 0 Å². The molecule has 0 saturated carbocycles. The zero-order valence-electron chi connectivity index (χ0n) is 15.1. The fraction of sp³-hybridized carbons (Fsp3) is 0.0952. The van der Waals surface area contributed by atoms with Gasteiger partial charge in [0.1, 0.15) is 5.56 Å². The standard InChI is InChI=1S/C21H15N3O5/c25-18(22-15-9-8-13-4-1-2-5-14(13)12-15)10-11-23-20(26)16-6-3-7-17(24(28)29)19(16)21(23)27/h1-9,12H,10-11H2,(H,22,25). The van der Waals surface area contributed by atoms with Gasteiger partial charge in [-0.15, -0.1) is 0 Å². The molecular weight excluding hydrogens is 374 g/mol. The van der Waals surface area contributed by atoms with E-state index < -0.39 is 22.4 Å². The van der Waals surface area contributed by atoms with Gasteiger partial charge in [-0.3, -0.25) is 29.4 Å². The fourth-order valence-electron chi connectivity index (χ4n) is 3.37. The number of benzene rings is 3. The third-order valence-electron chi connectivity index (χ3n) is 4.77. The topological polar surface area (TPSA) is 110 Å². The van der Waals surface area contributed by atoms with Crippen LogP contribution in [-0.4, -0.2) is 34.1 Å². The fourth-order valence-corrected chi connectivity index (χ4v) is 3.37. The monoisotopic (exact) mass is 389 g/mol. The van der Waals surface area contributed by atoms with E-state index >= 15 is 0 Å². The molecule has 29 heavy (non-hydrogen) atoms. The van der Waals surface area contributed by atoms with Crippen molar-refractivity contribution in [3.63, 3.8) is 0 Å². The maximum absolute atomic E-state index is 12.5. The van der Waals surface area contributed by atoms with Gasteiger partial charge >= 0.3 is 0 Å². The molecule has 1 aliphatic rings. The Labute approximate surface area is 164 Å². The summed E-state index contributed by atoms with van der Waals surface area (Å²) in [5, 5.41) is 15.9. The first-order valence-corrected chi connectivity index (χ1v) is 8.88. The summed E-state index contributed by atoms with van der Waals surface area (Å²) in [5.74, 6) is -1.76. The molecule has 0 radical (unpaired) electrons. The van der Waals surface area contributed by atoms with Crippen molar-refractivity contribution in [1.29, 1.82) is 0 Å². The van der Waals surface area contributed by atoms with E-state index in [9.17, 15) is 24.5 Å². The predicted octanol–water partition coefficient (Wildman–Crippen LogP) is 3.37. The number of carbonyl (C=O) groups is 3. The van der Waals surface area contributed by atoms with Gasteiger partial charge in [0.2, 0.25) is 5.91 Å². The van der Waals surface area contributed by atoms with E-state index in [1.54, 1.807) is 6.07 Å². The van der Waals surface area contributed by atoms with Crippen LogP contribution in [0.4, 0.5) is 11.4 Å². The lowest BCUT2D eigenvalue weighted by molar-refractivity contribution is -0.385. The Kier molecular flexibility index (Phi) is 4.52. The Morgan fingerprint density at radius 1 is 0.966 bits per heavy atom. The highest BCUT2D eigenvalue weighted by Gasteiger charge is 2.40. The number of anilines is 1. The van der Waals surface area contributed by atoms with Crippen LogP contribution >= 0.6 is 0 Å². The molecule has 0 aromatic heterocycles. The number of rotatable bonds is 5. The predicted molar refractivity (Wildman–Crippen MR) is 106 cm³/mol. The van der Waals surface area contributed by atoms with E-state index in [1.165, 1.54) is 18.2 Å². The maximum atomic E-state index is 12.5. The van der Waals surface area contributed by atoms with Crippen molar-refractivity contribution >= 4 is 39.9 Å². The summed E-state index contributed by atoms with van der Waals surface area (Å²) in [7, 11) is 0. The highest BCUT2D eigenvalue weighted by Crippen LogP contribution is 2.30. The summed E-state index contributed by atoms with van der Waals surface area (Å²) in [5.41, 5.74) is -0.0489. The first kappa shape index (κ1) is 18.3. The third-order valence-corrected chi connectivity index (χ3v) is 4.77. The molecule has 144 valence electrons. The molecule has 3 aromatic carbocycles. The van der Waals surface area contributed by atoms with E-state index in [4.69, 9.17) is 0 Å². The summed E-state index contributed by atoms with van der Waals surface area (Å²) >= 11 is 0. The van der Waals surface area contributed by atoms with Crippen molar-refractivity contribution in [3.8, 4) is 0 Å². The number of fused-ring (bicyclic) bond motifs is 2. The Hall–Kier alpha value is -4.07. The molecule has 0 unspecified atom stereocenters. The van der Waals surface area contributed by atoms with Gasteiger partial charge in [-0.05, 0) is 29.0 Å². The number of imide groups is 1. The Morgan fingerprint density at radius 3 is 2.48 bits per heavy atom. The smallest absolute Gasteiger partial charge is 0.282 e. The Morgan fingerprint density at radius 2 is 1.72 bits per heavy atom. The van der Waals surface area contributed by atoms with E-state index in [-0.39, 0.29) is 30.0 Å². The first-order valence-electron chi connectivity index (χ1n) is 8.88. The molecule has 0 aliphatic carbocycles. The number of hydrogen-bond donors (Lipinski definition) is 1. The molecule has 0 spiro atoms. The number of nitro benzene ring substituents is 1. The van der Waals surface area contributed by atoms with Gasteiger partial charge in [0.05, 0.1) is 10.5 Å². The van der Waals surface area contributed by atoms with Crippen LogP contribution in [0.3, 0.4) is 0 Å². The van der Waals surface area contributed by atoms with Crippen molar-refractivity contribution in [1.82, 2.24) is 4.90 Å². The molecule has 0 atom stereocenters. The highest BCUT2D eigenvalue weighted by molar-refractivity contribution is 6.23. The average Bonchev–Trinajstić information content (AvgIpc) is 2.96. The van der Waals surface area contributed by atoms with Crippen LogP contribution in [0, 0.1) is 10.1 Å². The Balaban J connectivity index is 1.45. The zero-order valence-corrected chi connectivity index (χ0v) is 15.1. The van der Waals surface area contributed by atoms with Crippen molar-refractivity contribution < 1.29 is 19.3 Å². The average molecular weight is 389 g/mol. The minimum Gasteiger partial charge on any atom is -0.326 e. The maximum Gasteiger partial charge on any atom is 0.282 e. The van der Waals surface area contributed by atoms with Gasteiger partial charge < -0.3 is 5.32 Å². The molecule has 1 N–H and O–H groups in total. The molecule has 8 heteroatoms. The van der Waals surface area contributed by atoms with Gasteiger partial charge in [-0.25, -0.2) is 0 Å². The van der Waals surface area contributed by atoms with Crippen LogP contribution < -0.4 is 5.32 Å². The van der Waals surface area contributed by atoms with Crippen molar-refractivity contribution in [2.45, 2.75) is 6.42 Å². The molecule has 0 bridgehead atoms. The highest BCUT2D eigenvalue weighted by atomic mass is 16.6. The number of nitro groups is 1. The second-order valence-corrected chi connectivity index (χ2v) is 6.58. The molecule has 3 aromatic rings. The molecule has 0 saturated heterocycles. The second kappa shape index (κ2) is 7.16. The SMILES string of the molecule is O=C(CCN1C(=O)c2cccc([N+](=O)[O-])c2C1=O)Nc1ccc2ccccc2c1. The van der Waals surface area contributed by atoms with Crippen molar-refractivity contribution in [2.75, 3.05) is 11.9 Å². The van der Waals surface area contributed by atoms with E-state index in [2.05, 4.69) is 5.32 Å². The van der Waals surface area contributed by atoms with Crippen molar-refractivity contribution in [2.24, 2.45) is 0 Å². The number of carbonyl (C=O) groups excluding carboxylic acids is 3. The summed E-state index contributed by atoms with van der Waals surface area (Å²) in [6.07, 6.45) is -0.119.